The molecule has 1 fully saturated rings. The van der Waals surface area contributed by atoms with Crippen LogP contribution in [0, 0.1) is 10.1 Å². The monoisotopic (exact) mass is 421 g/mol. The summed E-state index contributed by atoms with van der Waals surface area (Å²) in [6, 6.07) is 14.4. The molecular weight excluding hydrogens is 398 g/mol. The number of morpholine rings is 1. The summed E-state index contributed by atoms with van der Waals surface area (Å²) < 4.78 is 7.15. The molecule has 1 N–H and O–H groups in total. The maximum atomic E-state index is 12.6. The summed E-state index contributed by atoms with van der Waals surface area (Å²) in [7, 11) is 0. The topological polar surface area (TPSA) is 103 Å². The van der Waals surface area contributed by atoms with Crippen LogP contribution in [0.4, 0.5) is 11.4 Å². The average molecular weight is 421 g/mol. The Balaban J connectivity index is 1.40. The van der Waals surface area contributed by atoms with E-state index in [4.69, 9.17) is 4.74 Å². The Bertz CT molecular complexity index is 1040. The fraction of sp³-hybridized carbons (Fsp3) is 0.273. The first kappa shape index (κ1) is 20.5. The Kier molecular flexibility index (Phi) is 6.23. The van der Waals surface area contributed by atoms with Crippen LogP contribution in [0.25, 0.3) is 0 Å². The Morgan fingerprint density at radius 2 is 1.87 bits per heavy atom. The van der Waals surface area contributed by atoms with Crippen LogP contribution in [-0.4, -0.2) is 46.9 Å². The van der Waals surface area contributed by atoms with Crippen molar-refractivity contribution in [1.29, 1.82) is 0 Å². The van der Waals surface area contributed by atoms with Gasteiger partial charge in [-0.15, -0.1) is 0 Å². The minimum atomic E-state index is -0.445. The molecule has 0 saturated carbocycles. The number of nitro groups is 1. The van der Waals surface area contributed by atoms with Gasteiger partial charge >= 0.3 is 0 Å². The van der Waals surface area contributed by atoms with Gasteiger partial charge in [0.2, 0.25) is 0 Å². The quantitative estimate of drug-likeness (QED) is 0.465. The van der Waals surface area contributed by atoms with Crippen LogP contribution >= 0.6 is 0 Å². The number of ether oxygens (including phenoxy) is 1. The lowest BCUT2D eigenvalue weighted by Crippen LogP contribution is -2.36. The maximum absolute atomic E-state index is 12.6. The van der Waals surface area contributed by atoms with E-state index in [1.807, 2.05) is 46.1 Å². The summed E-state index contributed by atoms with van der Waals surface area (Å²) >= 11 is 0. The summed E-state index contributed by atoms with van der Waals surface area (Å²) in [5, 5.41) is 18.6. The molecular formula is C22H23N5O4. The SMILES string of the molecule is O=C(NCc1ccc(Cn2cccn2)cc1)c1ccc(N2CCOCC2)c([N+](=O)[O-])c1. The number of nitro benzene ring substituents is 1. The minimum absolute atomic E-state index is 0.0717. The van der Waals surface area contributed by atoms with E-state index in [0.29, 0.717) is 45.1 Å². The number of anilines is 1. The van der Waals surface area contributed by atoms with E-state index in [2.05, 4.69) is 10.4 Å². The number of nitrogens with zero attached hydrogens (tertiary/aromatic N) is 4. The van der Waals surface area contributed by atoms with Crippen LogP contribution in [0.15, 0.2) is 60.9 Å². The number of nitrogens with one attached hydrogen (secondary N) is 1. The first-order valence-corrected chi connectivity index (χ1v) is 10.0. The van der Waals surface area contributed by atoms with Crippen molar-refractivity contribution in [3.8, 4) is 0 Å². The maximum Gasteiger partial charge on any atom is 0.293 e. The third-order valence-corrected chi connectivity index (χ3v) is 5.17. The summed E-state index contributed by atoms with van der Waals surface area (Å²) in [5.41, 5.74) is 2.75. The zero-order valence-corrected chi connectivity index (χ0v) is 16.9. The first-order chi connectivity index (χ1) is 15.1. The minimum Gasteiger partial charge on any atom is -0.378 e. The largest absolute Gasteiger partial charge is 0.378 e. The Hall–Kier alpha value is -3.72. The second kappa shape index (κ2) is 9.40. The second-order valence-electron chi connectivity index (χ2n) is 7.26. The molecule has 1 aromatic heterocycles. The van der Waals surface area contributed by atoms with Gasteiger partial charge in [-0.3, -0.25) is 19.6 Å². The van der Waals surface area contributed by atoms with Gasteiger partial charge in [-0.1, -0.05) is 24.3 Å². The van der Waals surface area contributed by atoms with Crippen LogP contribution in [-0.2, 0) is 17.8 Å². The van der Waals surface area contributed by atoms with E-state index >= 15 is 0 Å². The molecule has 4 rings (SSSR count). The molecule has 1 saturated heterocycles. The van der Waals surface area contributed by atoms with E-state index < -0.39 is 4.92 Å². The van der Waals surface area contributed by atoms with Crippen molar-refractivity contribution in [2.45, 2.75) is 13.1 Å². The van der Waals surface area contributed by atoms with Crippen LogP contribution in [0.5, 0.6) is 0 Å². The van der Waals surface area contributed by atoms with Gasteiger partial charge in [0.15, 0.2) is 0 Å². The van der Waals surface area contributed by atoms with Gasteiger partial charge in [0.25, 0.3) is 11.6 Å². The highest BCUT2D eigenvalue weighted by molar-refractivity contribution is 5.95. The first-order valence-electron chi connectivity index (χ1n) is 10.0. The number of benzene rings is 2. The van der Waals surface area contributed by atoms with E-state index in [9.17, 15) is 14.9 Å². The zero-order valence-electron chi connectivity index (χ0n) is 16.9. The van der Waals surface area contributed by atoms with Gasteiger partial charge < -0.3 is 15.0 Å². The van der Waals surface area contributed by atoms with Crippen LogP contribution in [0.1, 0.15) is 21.5 Å². The molecule has 9 nitrogen and oxygen atoms in total. The van der Waals surface area contributed by atoms with Gasteiger partial charge in [-0.2, -0.15) is 5.10 Å². The molecule has 0 aliphatic carbocycles. The predicted molar refractivity (Wildman–Crippen MR) is 115 cm³/mol. The van der Waals surface area contributed by atoms with Crippen molar-refractivity contribution in [1.82, 2.24) is 15.1 Å². The summed E-state index contributed by atoms with van der Waals surface area (Å²) in [5.74, 6) is -0.350. The smallest absolute Gasteiger partial charge is 0.293 e. The molecule has 3 aromatic rings. The highest BCUT2D eigenvalue weighted by atomic mass is 16.6. The van der Waals surface area contributed by atoms with Crippen LogP contribution in [0.2, 0.25) is 0 Å². The molecule has 2 aromatic carbocycles. The lowest BCUT2D eigenvalue weighted by atomic mass is 10.1. The van der Waals surface area contributed by atoms with Crippen molar-refractivity contribution in [3.63, 3.8) is 0 Å². The standard InChI is InChI=1S/C22H23N5O4/c28-22(23-15-17-2-4-18(5-3-17)16-26-9-1-8-24-26)19-6-7-20(21(14-19)27(29)30)25-10-12-31-13-11-25/h1-9,14H,10-13,15-16H2,(H,23,28). The number of aromatic nitrogens is 2. The molecule has 1 aliphatic heterocycles. The summed E-state index contributed by atoms with van der Waals surface area (Å²) in [6.07, 6.45) is 3.64. The second-order valence-corrected chi connectivity index (χ2v) is 7.26. The van der Waals surface area contributed by atoms with Gasteiger partial charge in [0.05, 0.1) is 24.7 Å². The fourth-order valence-corrected chi connectivity index (χ4v) is 3.51. The van der Waals surface area contributed by atoms with E-state index in [0.717, 1.165) is 11.1 Å². The number of hydrogen-bond acceptors (Lipinski definition) is 6. The van der Waals surface area contributed by atoms with E-state index in [1.165, 1.54) is 6.07 Å². The number of rotatable bonds is 7. The Morgan fingerprint density at radius 1 is 1.13 bits per heavy atom. The predicted octanol–water partition coefficient (Wildman–Crippen LogP) is 2.61. The highest BCUT2D eigenvalue weighted by Crippen LogP contribution is 2.30. The molecule has 31 heavy (non-hydrogen) atoms. The van der Waals surface area contributed by atoms with Gasteiger partial charge in [-0.05, 0) is 29.3 Å². The highest BCUT2D eigenvalue weighted by Gasteiger charge is 2.23. The van der Waals surface area contributed by atoms with E-state index in [1.54, 1.807) is 18.3 Å². The number of carbonyl (C=O) groups is 1. The molecule has 0 bridgehead atoms. The summed E-state index contributed by atoms with van der Waals surface area (Å²) in [4.78, 5) is 25.6. The van der Waals surface area contributed by atoms with Gasteiger partial charge in [0, 0.05) is 43.7 Å². The van der Waals surface area contributed by atoms with Crippen molar-refractivity contribution < 1.29 is 14.5 Å². The Morgan fingerprint density at radius 3 is 2.55 bits per heavy atom. The van der Waals surface area contributed by atoms with E-state index in [-0.39, 0.29) is 17.2 Å². The van der Waals surface area contributed by atoms with Gasteiger partial charge in [0.1, 0.15) is 5.69 Å². The zero-order chi connectivity index (χ0) is 21.6. The molecule has 1 amide bonds. The molecule has 1 aliphatic rings. The molecule has 160 valence electrons. The number of hydrogen-bond donors (Lipinski definition) is 1. The third-order valence-electron chi connectivity index (χ3n) is 5.17. The molecule has 0 unspecified atom stereocenters. The molecule has 0 atom stereocenters. The summed E-state index contributed by atoms with van der Waals surface area (Å²) in [6.45, 7) is 3.24. The fourth-order valence-electron chi connectivity index (χ4n) is 3.51. The molecule has 2 heterocycles. The van der Waals surface area contributed by atoms with Crippen molar-refractivity contribution in [2.75, 3.05) is 31.2 Å². The van der Waals surface area contributed by atoms with Crippen molar-refractivity contribution >= 4 is 17.3 Å². The normalized spacial score (nSPS) is 13.7. The average Bonchev–Trinajstić information content (AvgIpc) is 3.31. The van der Waals surface area contributed by atoms with Crippen molar-refractivity contribution in [2.24, 2.45) is 0 Å². The number of amides is 1. The lowest BCUT2D eigenvalue weighted by Gasteiger charge is -2.28. The Labute approximate surface area is 179 Å². The third kappa shape index (κ3) is 5.07. The van der Waals surface area contributed by atoms with Crippen LogP contribution in [0.3, 0.4) is 0 Å². The van der Waals surface area contributed by atoms with Crippen LogP contribution < -0.4 is 10.2 Å². The van der Waals surface area contributed by atoms with Crippen molar-refractivity contribution in [3.05, 3.63) is 87.7 Å². The molecule has 0 spiro atoms. The lowest BCUT2D eigenvalue weighted by molar-refractivity contribution is -0.384. The van der Waals surface area contributed by atoms with Gasteiger partial charge in [-0.25, -0.2) is 0 Å². The molecule has 9 heteroatoms. The molecule has 0 radical (unpaired) electrons. The number of carbonyl (C=O) groups excluding carboxylic acids is 1.